The Bertz CT molecular complexity index is 935. The molecular weight excluding hydrogens is 356 g/mol. The van der Waals surface area contributed by atoms with Gasteiger partial charge in [0.25, 0.3) is 6.43 Å². The number of hydrogen-bond donors (Lipinski definition) is 3. The lowest BCUT2D eigenvalue weighted by molar-refractivity contribution is 0.218. The van der Waals surface area contributed by atoms with Gasteiger partial charge in [-0.1, -0.05) is 0 Å². The molecule has 2 aliphatic rings. The first-order valence-electron chi connectivity index (χ1n) is 8.41. The van der Waals surface area contributed by atoms with Gasteiger partial charge in [0.2, 0.25) is 0 Å². The Morgan fingerprint density at radius 1 is 1.37 bits per heavy atom. The molecule has 2 aromatic heterocycles. The number of pyridine rings is 1. The summed E-state index contributed by atoms with van der Waals surface area (Å²) < 4.78 is 33.5. The fourth-order valence-corrected chi connectivity index (χ4v) is 2.97. The highest BCUT2D eigenvalue weighted by Crippen LogP contribution is 2.37. The number of ether oxygens (including phenoxy) is 1. The SMILES string of the molecule is COc1cc(C2(N)C=C(N)NC(C(F)F)=N2)ncc1-c1cnn(C2CC2)c1. The Morgan fingerprint density at radius 3 is 2.81 bits per heavy atom. The van der Waals surface area contributed by atoms with Crippen molar-refractivity contribution in [1.29, 1.82) is 0 Å². The van der Waals surface area contributed by atoms with Crippen molar-refractivity contribution < 1.29 is 13.5 Å². The standard InChI is InChI=1S/C17H19F2N7O/c1-27-12-4-13(17(21)5-14(20)24-16(25-17)15(18)19)22-7-11(12)9-6-23-26(8-9)10-2-3-10/h4-8,10,15H,2-3,20-21H2,1H3,(H,24,25). The summed E-state index contributed by atoms with van der Waals surface area (Å²) >= 11 is 0. The minimum Gasteiger partial charge on any atom is -0.496 e. The van der Waals surface area contributed by atoms with E-state index in [4.69, 9.17) is 16.2 Å². The van der Waals surface area contributed by atoms with Crippen LogP contribution in [0.5, 0.6) is 5.75 Å². The second-order valence-corrected chi connectivity index (χ2v) is 6.56. The molecule has 0 spiro atoms. The number of hydrogen-bond acceptors (Lipinski definition) is 7. The summed E-state index contributed by atoms with van der Waals surface area (Å²) in [5, 5.41) is 6.68. The van der Waals surface area contributed by atoms with Crippen LogP contribution in [0.25, 0.3) is 11.1 Å². The van der Waals surface area contributed by atoms with Gasteiger partial charge in [-0.05, 0) is 12.8 Å². The van der Waals surface area contributed by atoms with Gasteiger partial charge in [-0.25, -0.2) is 13.8 Å². The van der Waals surface area contributed by atoms with Gasteiger partial charge in [-0.2, -0.15) is 5.10 Å². The molecule has 1 atom stereocenters. The number of halogens is 2. The summed E-state index contributed by atoms with van der Waals surface area (Å²) in [6.07, 6.45) is 5.99. The van der Waals surface area contributed by atoms with E-state index in [1.807, 2.05) is 10.9 Å². The van der Waals surface area contributed by atoms with Crippen molar-refractivity contribution >= 4 is 5.84 Å². The molecule has 0 saturated heterocycles. The van der Waals surface area contributed by atoms with E-state index in [1.54, 1.807) is 18.5 Å². The number of aromatic nitrogens is 3. The van der Waals surface area contributed by atoms with E-state index in [2.05, 4.69) is 20.4 Å². The summed E-state index contributed by atoms with van der Waals surface area (Å²) in [6.45, 7) is 0. The summed E-state index contributed by atoms with van der Waals surface area (Å²) in [5.41, 5.74) is 12.1. The third-order valence-corrected chi connectivity index (χ3v) is 4.49. The Kier molecular flexibility index (Phi) is 4.06. The van der Waals surface area contributed by atoms with Gasteiger partial charge in [0.05, 0.1) is 25.0 Å². The molecule has 5 N–H and O–H groups in total. The van der Waals surface area contributed by atoms with Crippen molar-refractivity contribution in [2.45, 2.75) is 31.0 Å². The number of methoxy groups -OCH3 is 1. The highest BCUT2D eigenvalue weighted by molar-refractivity contribution is 5.88. The van der Waals surface area contributed by atoms with Gasteiger partial charge in [0.15, 0.2) is 11.5 Å². The lowest BCUT2D eigenvalue weighted by atomic mass is 10.0. The molecule has 1 saturated carbocycles. The molecular formula is C17H19F2N7O. The largest absolute Gasteiger partial charge is 0.496 e. The molecule has 8 nitrogen and oxygen atoms in total. The van der Waals surface area contributed by atoms with E-state index in [-0.39, 0.29) is 11.5 Å². The van der Waals surface area contributed by atoms with Crippen LogP contribution in [0.2, 0.25) is 0 Å². The summed E-state index contributed by atoms with van der Waals surface area (Å²) in [7, 11) is 1.51. The molecule has 3 heterocycles. The van der Waals surface area contributed by atoms with Crippen LogP contribution in [-0.2, 0) is 5.66 Å². The zero-order chi connectivity index (χ0) is 19.2. The van der Waals surface area contributed by atoms with E-state index >= 15 is 0 Å². The number of rotatable bonds is 5. The van der Waals surface area contributed by atoms with Crippen molar-refractivity contribution in [3.63, 3.8) is 0 Å². The smallest absolute Gasteiger partial charge is 0.295 e. The predicted octanol–water partition coefficient (Wildman–Crippen LogP) is 1.47. The number of nitrogens with one attached hydrogen (secondary N) is 1. The molecule has 0 aromatic carbocycles. The normalized spacial score (nSPS) is 22.3. The Morgan fingerprint density at radius 2 is 2.15 bits per heavy atom. The van der Waals surface area contributed by atoms with Crippen molar-refractivity contribution in [3.8, 4) is 16.9 Å². The maximum absolute atomic E-state index is 13.1. The van der Waals surface area contributed by atoms with Gasteiger partial charge >= 0.3 is 0 Å². The van der Waals surface area contributed by atoms with Crippen molar-refractivity contribution in [3.05, 3.63) is 42.2 Å². The molecule has 27 heavy (non-hydrogen) atoms. The van der Waals surface area contributed by atoms with Crippen LogP contribution in [0.15, 0.2) is 41.5 Å². The number of aliphatic imine (C=N–C) groups is 1. The quantitative estimate of drug-likeness (QED) is 0.729. The van der Waals surface area contributed by atoms with Crippen molar-refractivity contribution in [2.24, 2.45) is 16.5 Å². The van der Waals surface area contributed by atoms with Crippen LogP contribution in [0.4, 0.5) is 8.78 Å². The van der Waals surface area contributed by atoms with Crippen LogP contribution in [0.1, 0.15) is 24.6 Å². The molecule has 4 rings (SSSR count). The molecule has 0 radical (unpaired) electrons. The monoisotopic (exact) mass is 375 g/mol. The lowest BCUT2D eigenvalue weighted by Crippen LogP contribution is -2.46. The summed E-state index contributed by atoms with van der Waals surface area (Å²) in [5.74, 6) is -0.133. The molecule has 1 aliphatic heterocycles. The predicted molar refractivity (Wildman–Crippen MR) is 95.0 cm³/mol. The van der Waals surface area contributed by atoms with Crippen LogP contribution >= 0.6 is 0 Å². The van der Waals surface area contributed by atoms with Crippen molar-refractivity contribution in [2.75, 3.05) is 7.11 Å². The third kappa shape index (κ3) is 3.23. The van der Waals surface area contributed by atoms with Crippen LogP contribution in [0, 0.1) is 0 Å². The van der Waals surface area contributed by atoms with Gasteiger partial charge < -0.3 is 15.8 Å². The highest BCUT2D eigenvalue weighted by atomic mass is 19.3. The van der Waals surface area contributed by atoms with Crippen LogP contribution in [-0.4, -0.2) is 34.1 Å². The van der Waals surface area contributed by atoms with E-state index in [0.29, 0.717) is 11.8 Å². The Hall–Kier alpha value is -3.01. The number of nitrogens with two attached hydrogens (primary N) is 2. The van der Waals surface area contributed by atoms with E-state index in [9.17, 15) is 8.78 Å². The Labute approximate surface area is 153 Å². The van der Waals surface area contributed by atoms with Crippen LogP contribution < -0.4 is 21.5 Å². The third-order valence-electron chi connectivity index (χ3n) is 4.49. The summed E-state index contributed by atoms with van der Waals surface area (Å²) in [6, 6.07) is 2.03. The first-order valence-corrected chi connectivity index (χ1v) is 8.41. The maximum atomic E-state index is 13.1. The minimum absolute atomic E-state index is 0.0154. The topological polar surface area (TPSA) is 116 Å². The summed E-state index contributed by atoms with van der Waals surface area (Å²) in [4.78, 5) is 8.22. The highest BCUT2D eigenvalue weighted by Gasteiger charge is 2.34. The zero-order valence-electron chi connectivity index (χ0n) is 14.6. The van der Waals surface area contributed by atoms with Gasteiger partial charge in [0.1, 0.15) is 11.6 Å². The molecule has 1 fully saturated rings. The molecule has 0 bridgehead atoms. The van der Waals surface area contributed by atoms with Gasteiger partial charge in [-0.3, -0.25) is 15.4 Å². The lowest BCUT2D eigenvalue weighted by Gasteiger charge is -2.28. The fourth-order valence-electron chi connectivity index (χ4n) is 2.97. The average molecular weight is 375 g/mol. The van der Waals surface area contributed by atoms with Gasteiger partial charge in [0, 0.05) is 35.7 Å². The number of amidine groups is 1. The zero-order valence-corrected chi connectivity index (χ0v) is 14.6. The second kappa shape index (κ2) is 6.31. The molecule has 142 valence electrons. The Balaban J connectivity index is 1.73. The maximum Gasteiger partial charge on any atom is 0.295 e. The fraction of sp³-hybridized carbons (Fsp3) is 0.353. The molecule has 1 unspecified atom stereocenters. The molecule has 10 heteroatoms. The van der Waals surface area contributed by atoms with E-state index in [1.165, 1.54) is 13.2 Å². The minimum atomic E-state index is -2.84. The molecule has 2 aromatic rings. The first-order chi connectivity index (χ1) is 12.9. The molecule has 0 amide bonds. The number of alkyl halides is 2. The van der Waals surface area contributed by atoms with E-state index < -0.39 is 17.9 Å². The number of nitrogens with zero attached hydrogens (tertiary/aromatic N) is 4. The van der Waals surface area contributed by atoms with Crippen molar-refractivity contribution in [1.82, 2.24) is 20.1 Å². The first kappa shape index (κ1) is 17.4. The average Bonchev–Trinajstić information content (AvgIpc) is 3.37. The van der Waals surface area contributed by atoms with E-state index in [0.717, 1.165) is 24.0 Å². The van der Waals surface area contributed by atoms with Crippen LogP contribution in [0.3, 0.4) is 0 Å². The second-order valence-electron chi connectivity index (χ2n) is 6.56. The molecule has 1 aliphatic carbocycles. The van der Waals surface area contributed by atoms with Gasteiger partial charge in [-0.15, -0.1) is 0 Å².